The second-order valence-corrected chi connectivity index (χ2v) is 9.58. The molecule has 6 rings (SSSR count). The van der Waals surface area contributed by atoms with Crippen LogP contribution < -0.4 is 15.4 Å². The summed E-state index contributed by atoms with van der Waals surface area (Å²) in [7, 11) is 0. The normalized spacial score (nSPS) is 27.2. The number of fused-ring (bicyclic) bond motifs is 1. The SMILES string of the molecule is O=C1C[C@H](C(=O)NC23CC(n4cc(NCCCOC(F)(F)F)cn4)(C2)C3)Oc2ccc(Cl)cc21. The van der Waals surface area contributed by atoms with Crippen molar-refractivity contribution in [3.8, 4) is 5.75 Å². The molecule has 1 aromatic heterocycles. The number of hydrogen-bond donors (Lipinski definition) is 2. The van der Waals surface area contributed by atoms with Crippen molar-refractivity contribution in [2.75, 3.05) is 18.5 Å². The van der Waals surface area contributed by atoms with Crippen LogP contribution in [0.1, 0.15) is 42.5 Å². The summed E-state index contributed by atoms with van der Waals surface area (Å²) in [6.07, 6.45) is 0.238. The van der Waals surface area contributed by atoms with Gasteiger partial charge in [-0.1, -0.05) is 11.6 Å². The Labute approximate surface area is 197 Å². The molecule has 1 atom stereocenters. The third kappa shape index (κ3) is 4.34. The molecule has 3 aliphatic carbocycles. The molecule has 34 heavy (non-hydrogen) atoms. The highest BCUT2D eigenvalue weighted by molar-refractivity contribution is 6.31. The second kappa shape index (κ2) is 8.16. The van der Waals surface area contributed by atoms with E-state index in [1.165, 1.54) is 0 Å². The third-order valence-electron chi connectivity index (χ3n) is 6.55. The van der Waals surface area contributed by atoms with Gasteiger partial charge in [0, 0.05) is 23.3 Å². The van der Waals surface area contributed by atoms with E-state index in [2.05, 4.69) is 20.5 Å². The van der Waals surface area contributed by atoms with E-state index in [-0.39, 0.29) is 35.6 Å². The highest BCUT2D eigenvalue weighted by Gasteiger charge is 2.70. The predicted octanol–water partition coefficient (Wildman–Crippen LogP) is 3.66. The number of hydrogen-bond acceptors (Lipinski definition) is 6. The van der Waals surface area contributed by atoms with Gasteiger partial charge in [-0.25, -0.2) is 0 Å². The van der Waals surface area contributed by atoms with Crippen molar-refractivity contribution in [2.24, 2.45) is 0 Å². The quantitative estimate of drug-likeness (QED) is 0.539. The molecule has 2 heterocycles. The number of alkyl halides is 3. The summed E-state index contributed by atoms with van der Waals surface area (Å²) in [5.41, 5.74) is 0.581. The van der Waals surface area contributed by atoms with Crippen LogP contribution >= 0.6 is 11.6 Å². The van der Waals surface area contributed by atoms with Crippen molar-refractivity contribution >= 4 is 29.0 Å². The van der Waals surface area contributed by atoms with Crippen LogP contribution in [-0.2, 0) is 15.1 Å². The summed E-state index contributed by atoms with van der Waals surface area (Å²) in [6, 6.07) is 4.75. The van der Waals surface area contributed by atoms with Gasteiger partial charge in [0.25, 0.3) is 5.91 Å². The van der Waals surface area contributed by atoms with Crippen LogP contribution in [0.2, 0.25) is 5.02 Å². The Hall–Kier alpha value is -2.79. The molecule has 182 valence electrons. The van der Waals surface area contributed by atoms with E-state index in [1.54, 1.807) is 24.4 Å². The number of aromatic nitrogens is 2. The lowest BCUT2D eigenvalue weighted by atomic mass is 9.44. The Morgan fingerprint density at radius 2 is 2.09 bits per heavy atom. The summed E-state index contributed by atoms with van der Waals surface area (Å²) in [5.74, 6) is -0.137. The number of ether oxygens (including phenoxy) is 2. The maximum absolute atomic E-state index is 12.8. The van der Waals surface area contributed by atoms with Gasteiger partial charge in [0.15, 0.2) is 11.9 Å². The van der Waals surface area contributed by atoms with E-state index in [0.717, 1.165) is 0 Å². The average Bonchev–Trinajstić information content (AvgIpc) is 3.17. The fraction of sp³-hybridized carbons (Fsp3) is 0.500. The van der Waals surface area contributed by atoms with E-state index in [4.69, 9.17) is 16.3 Å². The first kappa shape index (κ1) is 23.0. The molecule has 2 bridgehead atoms. The Bertz CT molecular complexity index is 1120. The summed E-state index contributed by atoms with van der Waals surface area (Å²) in [5, 5.41) is 10.9. The van der Waals surface area contributed by atoms with E-state index >= 15 is 0 Å². The molecule has 0 unspecified atom stereocenters. The molecule has 1 aromatic carbocycles. The number of carbonyl (C=O) groups is 2. The molecule has 3 fully saturated rings. The first-order valence-corrected chi connectivity index (χ1v) is 11.3. The summed E-state index contributed by atoms with van der Waals surface area (Å²) >= 11 is 5.94. The number of nitrogens with zero attached hydrogens (tertiary/aromatic N) is 2. The van der Waals surface area contributed by atoms with Crippen molar-refractivity contribution in [1.29, 1.82) is 0 Å². The van der Waals surface area contributed by atoms with Gasteiger partial charge in [0.1, 0.15) is 5.75 Å². The Kier molecular flexibility index (Phi) is 5.51. The smallest absolute Gasteiger partial charge is 0.479 e. The van der Waals surface area contributed by atoms with Crippen molar-refractivity contribution in [2.45, 2.75) is 55.6 Å². The highest BCUT2D eigenvalue weighted by Crippen LogP contribution is 2.65. The molecule has 12 heteroatoms. The van der Waals surface area contributed by atoms with Crippen LogP contribution in [0, 0.1) is 0 Å². The third-order valence-corrected chi connectivity index (χ3v) is 6.78. The Morgan fingerprint density at radius 3 is 2.82 bits per heavy atom. The molecule has 4 aliphatic rings. The average molecular weight is 499 g/mol. The van der Waals surface area contributed by atoms with Crippen LogP contribution in [0.3, 0.4) is 0 Å². The maximum Gasteiger partial charge on any atom is 0.522 e. The van der Waals surface area contributed by atoms with Crippen molar-refractivity contribution < 1.29 is 32.2 Å². The minimum absolute atomic E-state index is 0.0391. The lowest BCUT2D eigenvalue weighted by Crippen LogP contribution is -2.79. The van der Waals surface area contributed by atoms with E-state index in [0.29, 0.717) is 47.8 Å². The minimum atomic E-state index is -4.61. The van der Waals surface area contributed by atoms with Gasteiger partial charge in [0.05, 0.1) is 36.0 Å². The molecular weight excluding hydrogens is 477 g/mol. The molecule has 8 nitrogen and oxygen atoms in total. The molecule has 0 saturated heterocycles. The summed E-state index contributed by atoms with van der Waals surface area (Å²) < 4.78 is 47.3. The van der Waals surface area contributed by atoms with Crippen LogP contribution in [0.15, 0.2) is 30.6 Å². The molecule has 0 spiro atoms. The van der Waals surface area contributed by atoms with E-state index in [9.17, 15) is 22.8 Å². The van der Waals surface area contributed by atoms with Crippen LogP contribution in [-0.4, -0.2) is 52.6 Å². The van der Waals surface area contributed by atoms with E-state index < -0.39 is 19.1 Å². The predicted molar refractivity (Wildman–Crippen MR) is 115 cm³/mol. The molecule has 2 N–H and O–H groups in total. The topological polar surface area (TPSA) is 94.5 Å². The van der Waals surface area contributed by atoms with Crippen molar-refractivity contribution in [1.82, 2.24) is 15.1 Å². The van der Waals surface area contributed by atoms with Gasteiger partial charge in [-0.3, -0.25) is 19.0 Å². The Balaban J connectivity index is 1.10. The number of nitrogens with one attached hydrogen (secondary N) is 2. The largest absolute Gasteiger partial charge is 0.522 e. The maximum atomic E-state index is 12.8. The van der Waals surface area contributed by atoms with Crippen LogP contribution in [0.4, 0.5) is 18.9 Å². The fourth-order valence-electron chi connectivity index (χ4n) is 5.06. The molecule has 0 radical (unpaired) electrons. The number of carbonyl (C=O) groups excluding carboxylic acids is 2. The molecule has 1 aliphatic heterocycles. The lowest BCUT2D eigenvalue weighted by molar-refractivity contribution is -0.324. The number of halogens is 4. The van der Waals surface area contributed by atoms with Gasteiger partial charge in [-0.05, 0) is 43.9 Å². The molecule has 3 saturated carbocycles. The highest BCUT2D eigenvalue weighted by atomic mass is 35.5. The molecular formula is C22H22ClF3N4O4. The first-order chi connectivity index (χ1) is 16.1. The summed E-state index contributed by atoms with van der Waals surface area (Å²) in [6.45, 7) is -0.0867. The van der Waals surface area contributed by atoms with Crippen molar-refractivity contribution in [3.63, 3.8) is 0 Å². The zero-order valence-corrected chi connectivity index (χ0v) is 18.7. The number of amides is 1. The lowest BCUT2D eigenvalue weighted by Gasteiger charge is -2.70. The molecule has 1 amide bonds. The van der Waals surface area contributed by atoms with Crippen LogP contribution in [0.25, 0.3) is 0 Å². The first-order valence-electron chi connectivity index (χ1n) is 10.9. The van der Waals surface area contributed by atoms with Gasteiger partial charge < -0.3 is 15.4 Å². The summed E-state index contributed by atoms with van der Waals surface area (Å²) in [4.78, 5) is 25.2. The molecule has 2 aromatic rings. The van der Waals surface area contributed by atoms with Crippen LogP contribution in [0.5, 0.6) is 5.75 Å². The fourth-order valence-corrected chi connectivity index (χ4v) is 5.23. The van der Waals surface area contributed by atoms with E-state index in [1.807, 2.05) is 10.9 Å². The van der Waals surface area contributed by atoms with Gasteiger partial charge in [0.2, 0.25) is 0 Å². The number of rotatable bonds is 8. The minimum Gasteiger partial charge on any atom is -0.479 e. The van der Waals surface area contributed by atoms with Gasteiger partial charge >= 0.3 is 6.36 Å². The van der Waals surface area contributed by atoms with Crippen molar-refractivity contribution in [3.05, 3.63) is 41.2 Å². The standard InChI is InChI=1S/C22H22ClF3N4O4/c23-13-2-3-17-15(6-13)16(31)7-18(34-17)19(32)29-20-10-21(11-20,12-20)30-9-14(8-28-30)27-4-1-5-33-22(24,25)26/h2-3,6,8-9,18,27H,1,4-5,7,10-12H2,(H,29,32)/t18-,20?,21?/m1/s1. The Morgan fingerprint density at radius 1 is 1.32 bits per heavy atom. The van der Waals surface area contributed by atoms with Gasteiger partial charge in [-0.2, -0.15) is 5.10 Å². The van der Waals surface area contributed by atoms with Gasteiger partial charge in [-0.15, -0.1) is 13.2 Å². The zero-order chi connectivity index (χ0) is 24.1. The monoisotopic (exact) mass is 498 g/mol. The number of Topliss-reactive ketones (excluding diaryl/α,β-unsaturated/α-hetero) is 1. The number of benzene rings is 1. The second-order valence-electron chi connectivity index (χ2n) is 9.15. The number of anilines is 1. The zero-order valence-electron chi connectivity index (χ0n) is 18.0. The number of ketones is 1.